The van der Waals surface area contributed by atoms with Gasteiger partial charge in [0.1, 0.15) is 0 Å². The number of carbonyl (C=O) groups is 5. The Bertz CT molecular complexity index is 1630. The summed E-state index contributed by atoms with van der Waals surface area (Å²) in [6.07, 6.45) is -3.79. The Balaban J connectivity index is 1.65. The van der Waals surface area contributed by atoms with Crippen LogP contribution >= 0.6 is 11.6 Å². The lowest BCUT2D eigenvalue weighted by molar-refractivity contribution is -0.172. The monoisotopic (exact) mass is 613 g/mol. The Morgan fingerprint density at radius 2 is 1.67 bits per heavy atom. The molecule has 3 aromatic rings. The Kier molecular flexibility index (Phi) is 8.99. The fourth-order valence-electron chi connectivity index (χ4n) is 4.46. The third kappa shape index (κ3) is 6.75. The van der Waals surface area contributed by atoms with Gasteiger partial charge in [0.15, 0.2) is 5.82 Å². The van der Waals surface area contributed by atoms with Gasteiger partial charge >= 0.3 is 17.7 Å². The first kappa shape index (κ1) is 31.0. The van der Waals surface area contributed by atoms with Crippen molar-refractivity contribution < 1.29 is 38.0 Å². The number of alkyl halides is 1. The average Bonchev–Trinajstić information content (AvgIpc) is 3.48. The zero-order chi connectivity index (χ0) is 31.5. The number of rotatable bonds is 10. The second kappa shape index (κ2) is 12.5. The Labute approximate surface area is 249 Å². The molecule has 3 amide bonds. The molecule has 0 aliphatic carbocycles. The van der Waals surface area contributed by atoms with Crippen LogP contribution in [0.3, 0.4) is 0 Å². The van der Waals surface area contributed by atoms with Crippen LogP contribution in [0.15, 0.2) is 51.8 Å². The van der Waals surface area contributed by atoms with Crippen molar-refractivity contribution in [1.82, 2.24) is 10.1 Å². The van der Waals surface area contributed by atoms with E-state index < -0.39 is 47.1 Å². The first-order valence-corrected chi connectivity index (χ1v) is 13.5. The summed E-state index contributed by atoms with van der Waals surface area (Å²) >= 11 is 6.03. The van der Waals surface area contributed by atoms with E-state index in [9.17, 15) is 28.8 Å². The van der Waals surface area contributed by atoms with E-state index in [1.54, 1.807) is 32.0 Å². The molecule has 1 aliphatic heterocycles. The molecule has 4 rings (SSSR count). The number of carbonyl (C=O) groups excluding carboxylic acids is 5. The van der Waals surface area contributed by atoms with Crippen LogP contribution in [0, 0.1) is 0 Å². The topological polar surface area (TPSA) is 190 Å². The molecule has 2 aromatic carbocycles. The Morgan fingerprint density at radius 1 is 1.02 bits per heavy atom. The largest absolute Gasteiger partial charge is 0.448 e. The van der Waals surface area contributed by atoms with Crippen molar-refractivity contribution in [3.63, 3.8) is 0 Å². The number of benzene rings is 2. The van der Waals surface area contributed by atoms with E-state index >= 15 is 0 Å². The second-order valence-corrected chi connectivity index (χ2v) is 10.4. The van der Waals surface area contributed by atoms with Crippen LogP contribution in [0.5, 0.6) is 0 Å². The highest BCUT2D eigenvalue weighted by molar-refractivity contribution is 6.18. The number of nitrogens with one attached hydrogen (secondary N) is 3. The van der Waals surface area contributed by atoms with Crippen molar-refractivity contribution >= 4 is 58.3 Å². The highest BCUT2D eigenvalue weighted by atomic mass is 35.5. The van der Waals surface area contributed by atoms with Gasteiger partial charge in [-0.15, -0.1) is 11.6 Å². The summed E-state index contributed by atoms with van der Waals surface area (Å²) in [5.41, 5.74) is 1.32. The third-order valence-electron chi connectivity index (χ3n) is 6.61. The number of aromatic nitrogens is 2. The van der Waals surface area contributed by atoms with E-state index in [2.05, 4.69) is 25.3 Å². The number of fused-ring (bicyclic) bond motifs is 1. The van der Waals surface area contributed by atoms with Gasteiger partial charge in [0.05, 0.1) is 5.41 Å². The molecular formula is C28H28ClN5O9. The molecule has 3 N–H and O–H groups in total. The minimum Gasteiger partial charge on any atom is -0.448 e. The molecule has 0 unspecified atom stereocenters. The molecule has 0 saturated carbocycles. The predicted molar refractivity (Wildman–Crippen MR) is 153 cm³/mol. The van der Waals surface area contributed by atoms with Crippen LogP contribution in [0.25, 0.3) is 11.4 Å². The average molecular weight is 614 g/mol. The molecule has 43 heavy (non-hydrogen) atoms. The fourth-order valence-corrected chi connectivity index (χ4v) is 4.63. The standard InChI is InChI=1S/C28H28ClN5O9/c1-14(35)41-21(24(37)30-17-7-5-16(6-8-17)23-32-27(40)43-33-23)22(42-15(2)36)25(38)34(12-11-29)18-9-10-20-19(13-18)28(3,4)26(39)31-20/h5-10,13,21-22H,11-12H2,1-4H3,(H,30,37)(H,31,39)(H,32,33,40)/t21-,22-/m1/s1. The van der Waals surface area contributed by atoms with E-state index in [1.165, 1.54) is 29.2 Å². The molecule has 15 heteroatoms. The maximum atomic E-state index is 14.0. The highest BCUT2D eigenvalue weighted by Gasteiger charge is 2.43. The lowest BCUT2D eigenvalue weighted by Crippen LogP contribution is -2.53. The molecule has 2 atom stereocenters. The number of hydrogen-bond donors (Lipinski definition) is 3. The smallest absolute Gasteiger partial charge is 0.439 e. The SMILES string of the molecule is CC(=O)O[C@@H](C(=O)Nc1ccc(-c2noc(=O)[nH]2)cc1)[C@@H](OC(C)=O)C(=O)N(CCCl)c1ccc2c(c1)C(C)(C)C(=O)N2. The predicted octanol–water partition coefficient (Wildman–Crippen LogP) is 2.33. The van der Waals surface area contributed by atoms with Crippen molar-refractivity contribution in [2.24, 2.45) is 0 Å². The van der Waals surface area contributed by atoms with Gasteiger partial charge in [-0.2, -0.15) is 0 Å². The van der Waals surface area contributed by atoms with Crippen molar-refractivity contribution in [1.29, 1.82) is 0 Å². The van der Waals surface area contributed by atoms with Crippen molar-refractivity contribution in [2.75, 3.05) is 28.0 Å². The van der Waals surface area contributed by atoms with Crippen LogP contribution < -0.4 is 21.3 Å². The van der Waals surface area contributed by atoms with Crippen LogP contribution in [0.4, 0.5) is 17.1 Å². The third-order valence-corrected chi connectivity index (χ3v) is 6.78. The number of amides is 3. The molecule has 226 valence electrons. The number of esters is 2. The van der Waals surface area contributed by atoms with Gasteiger partial charge in [-0.1, -0.05) is 5.16 Å². The summed E-state index contributed by atoms with van der Waals surface area (Å²) in [6, 6.07) is 10.8. The zero-order valence-electron chi connectivity index (χ0n) is 23.6. The van der Waals surface area contributed by atoms with Crippen molar-refractivity contribution in [3.8, 4) is 11.4 Å². The number of anilines is 3. The second-order valence-electron chi connectivity index (χ2n) is 10.1. The minimum absolute atomic E-state index is 0.0379. The Hall–Kier alpha value is -4.98. The van der Waals surface area contributed by atoms with Crippen LogP contribution in [-0.2, 0) is 38.9 Å². The first-order chi connectivity index (χ1) is 20.3. The summed E-state index contributed by atoms with van der Waals surface area (Å²) in [7, 11) is 0. The molecule has 14 nitrogen and oxygen atoms in total. The molecule has 0 radical (unpaired) electrons. The molecule has 1 aliphatic rings. The van der Waals surface area contributed by atoms with E-state index in [1.807, 2.05) is 0 Å². The fraction of sp³-hybridized carbons (Fsp3) is 0.321. The molecule has 2 heterocycles. The number of nitrogens with zero attached hydrogens (tertiary/aromatic N) is 2. The minimum atomic E-state index is -1.90. The van der Waals surface area contributed by atoms with Gasteiger partial charge in [0.25, 0.3) is 11.8 Å². The summed E-state index contributed by atoms with van der Waals surface area (Å²) < 4.78 is 15.0. The molecule has 0 fully saturated rings. The van der Waals surface area contributed by atoms with Crippen LogP contribution in [-0.4, -0.2) is 64.4 Å². The number of H-pyrrole nitrogens is 1. The summed E-state index contributed by atoms with van der Waals surface area (Å²) in [4.78, 5) is 78.8. The molecular weight excluding hydrogens is 586 g/mol. The zero-order valence-corrected chi connectivity index (χ0v) is 24.3. The van der Waals surface area contributed by atoms with Crippen molar-refractivity contribution in [2.45, 2.75) is 45.3 Å². The van der Waals surface area contributed by atoms with E-state index in [0.29, 0.717) is 22.5 Å². The van der Waals surface area contributed by atoms with Gasteiger partial charge < -0.3 is 25.0 Å². The number of halogens is 1. The summed E-state index contributed by atoms with van der Waals surface area (Å²) in [5, 5.41) is 8.90. The van der Waals surface area contributed by atoms with Gasteiger partial charge in [0, 0.05) is 48.9 Å². The Morgan fingerprint density at radius 3 is 2.26 bits per heavy atom. The number of aromatic amines is 1. The highest BCUT2D eigenvalue weighted by Crippen LogP contribution is 2.39. The van der Waals surface area contributed by atoms with Gasteiger partial charge in [-0.25, -0.2) is 4.79 Å². The molecule has 0 bridgehead atoms. The van der Waals surface area contributed by atoms with E-state index in [0.717, 1.165) is 13.8 Å². The lowest BCUT2D eigenvalue weighted by atomic mass is 9.86. The van der Waals surface area contributed by atoms with Crippen molar-refractivity contribution in [3.05, 3.63) is 58.6 Å². The molecule has 0 spiro atoms. The number of hydrogen-bond acceptors (Lipinski definition) is 10. The first-order valence-electron chi connectivity index (χ1n) is 13.0. The summed E-state index contributed by atoms with van der Waals surface area (Å²) in [6.45, 7) is 5.46. The molecule has 0 saturated heterocycles. The van der Waals surface area contributed by atoms with Gasteiger partial charge in [0.2, 0.25) is 18.1 Å². The summed E-state index contributed by atoms with van der Waals surface area (Å²) in [5.74, 6) is -4.52. The maximum absolute atomic E-state index is 14.0. The van der Waals surface area contributed by atoms with E-state index in [4.69, 9.17) is 21.1 Å². The number of ether oxygens (including phenoxy) is 2. The van der Waals surface area contributed by atoms with E-state index in [-0.39, 0.29) is 29.8 Å². The van der Waals surface area contributed by atoms with Gasteiger partial charge in [-0.3, -0.25) is 33.5 Å². The quantitative estimate of drug-likeness (QED) is 0.226. The van der Waals surface area contributed by atoms with Crippen LogP contribution in [0.2, 0.25) is 0 Å². The lowest BCUT2D eigenvalue weighted by Gasteiger charge is -2.30. The normalized spacial score (nSPS) is 14.6. The maximum Gasteiger partial charge on any atom is 0.439 e. The van der Waals surface area contributed by atoms with Crippen LogP contribution in [0.1, 0.15) is 33.3 Å². The van der Waals surface area contributed by atoms with Gasteiger partial charge in [-0.05, 0) is 61.9 Å². The molecule has 1 aromatic heterocycles.